The topological polar surface area (TPSA) is 74.9 Å². The maximum absolute atomic E-state index is 14.3. The number of nitrogens with one attached hydrogen (secondary N) is 1. The van der Waals surface area contributed by atoms with Gasteiger partial charge in [0.2, 0.25) is 5.91 Å². The molecule has 40 heavy (non-hydrogen) atoms. The van der Waals surface area contributed by atoms with E-state index in [1.54, 1.807) is 16.9 Å². The van der Waals surface area contributed by atoms with Gasteiger partial charge >= 0.3 is 0 Å². The molecule has 0 bridgehead atoms. The van der Waals surface area contributed by atoms with Crippen LogP contribution in [0.2, 0.25) is 0 Å². The Kier molecular flexibility index (Phi) is 6.74. The number of benzene rings is 3. The summed E-state index contributed by atoms with van der Waals surface area (Å²) in [7, 11) is 1.63. The van der Waals surface area contributed by atoms with Crippen LogP contribution in [-0.4, -0.2) is 59.9 Å². The predicted molar refractivity (Wildman–Crippen MR) is 155 cm³/mol. The molecule has 0 unspecified atom stereocenters. The second-order valence-corrected chi connectivity index (χ2v) is 10.7. The molecule has 1 fully saturated rings. The molecule has 206 valence electrons. The summed E-state index contributed by atoms with van der Waals surface area (Å²) in [5, 5.41) is 1.05. The minimum atomic E-state index is -1.13. The minimum Gasteiger partial charge on any atom is -0.493 e. The molecule has 1 aromatic heterocycles. The van der Waals surface area contributed by atoms with Gasteiger partial charge in [0, 0.05) is 35.5 Å². The third-order valence-corrected chi connectivity index (χ3v) is 8.45. The van der Waals surface area contributed by atoms with Crippen LogP contribution in [0.15, 0.2) is 72.8 Å². The maximum atomic E-state index is 14.3. The first kappa shape index (κ1) is 26.0. The Hall–Kier alpha value is -4.26. The molecule has 2 atom stereocenters. The van der Waals surface area contributed by atoms with E-state index in [-0.39, 0.29) is 24.3 Å². The van der Waals surface area contributed by atoms with Crippen LogP contribution in [0.1, 0.15) is 48.6 Å². The second kappa shape index (κ2) is 10.4. The van der Waals surface area contributed by atoms with Gasteiger partial charge in [0.05, 0.1) is 26.0 Å². The average molecular weight is 538 g/mol. The first-order valence-corrected chi connectivity index (χ1v) is 14.0. The first-order chi connectivity index (χ1) is 19.5. The van der Waals surface area contributed by atoms with Gasteiger partial charge in [-0.3, -0.25) is 9.59 Å². The lowest BCUT2D eigenvalue weighted by molar-refractivity contribution is -0.166. The molecular formula is C33H35N3O4. The van der Waals surface area contributed by atoms with Gasteiger partial charge < -0.3 is 24.3 Å². The number of methoxy groups -OCH3 is 1. The number of rotatable bonds is 8. The Labute approximate surface area is 234 Å². The van der Waals surface area contributed by atoms with E-state index in [4.69, 9.17) is 9.47 Å². The maximum Gasteiger partial charge on any atom is 0.254 e. The Balaban J connectivity index is 1.43. The summed E-state index contributed by atoms with van der Waals surface area (Å²) in [5.74, 6) is 1.05. The standard InChI is InChI=1S/C33H35N3O4/c1-4-40-30-23(16-10-18-27(30)39-3)25-20-36-28(37)21-35(19-11-14-22-12-6-5-7-13-22)32(38)33(36,2)31-29(25)24-15-8-9-17-26(24)34-31/h5-10,12-13,15-18,25,34H,4,11,14,19-21H2,1-3H3/t25-,33-/m0/s1. The van der Waals surface area contributed by atoms with Crippen LogP contribution in [0.4, 0.5) is 0 Å². The number of hydrogen-bond acceptors (Lipinski definition) is 4. The van der Waals surface area contributed by atoms with Gasteiger partial charge in [0.15, 0.2) is 17.0 Å². The van der Waals surface area contributed by atoms with E-state index in [1.807, 2.05) is 68.4 Å². The molecule has 0 spiro atoms. The number of H-pyrrole nitrogens is 1. The third-order valence-electron chi connectivity index (χ3n) is 8.45. The molecule has 2 aliphatic rings. The minimum absolute atomic E-state index is 0.0397. The summed E-state index contributed by atoms with van der Waals surface area (Å²) in [6, 6.07) is 24.3. The molecule has 4 aromatic rings. The van der Waals surface area contributed by atoms with Crippen LogP contribution in [0.3, 0.4) is 0 Å². The normalized spacial score (nSPS) is 20.4. The lowest BCUT2D eigenvalue weighted by Gasteiger charge is -2.51. The van der Waals surface area contributed by atoms with Crippen LogP contribution in [0.25, 0.3) is 10.9 Å². The van der Waals surface area contributed by atoms with Crippen molar-refractivity contribution in [3.63, 3.8) is 0 Å². The first-order valence-electron chi connectivity index (χ1n) is 14.0. The molecule has 1 saturated heterocycles. The lowest BCUT2D eigenvalue weighted by atomic mass is 9.76. The van der Waals surface area contributed by atoms with Gasteiger partial charge in [-0.2, -0.15) is 0 Å². The Morgan fingerprint density at radius 3 is 2.55 bits per heavy atom. The number of para-hydroxylation sites is 2. The number of ether oxygens (including phenoxy) is 2. The number of amides is 2. The van der Waals surface area contributed by atoms with Gasteiger partial charge in [0.1, 0.15) is 0 Å². The van der Waals surface area contributed by atoms with Crippen LogP contribution in [0, 0.1) is 0 Å². The zero-order valence-electron chi connectivity index (χ0n) is 23.3. The van der Waals surface area contributed by atoms with Crippen molar-refractivity contribution in [1.29, 1.82) is 0 Å². The molecule has 0 radical (unpaired) electrons. The number of carbonyl (C=O) groups excluding carboxylic acids is 2. The van der Waals surface area contributed by atoms with E-state index < -0.39 is 5.54 Å². The van der Waals surface area contributed by atoms with E-state index >= 15 is 0 Å². The van der Waals surface area contributed by atoms with Crippen LogP contribution in [-0.2, 0) is 21.5 Å². The summed E-state index contributed by atoms with van der Waals surface area (Å²) in [6.45, 7) is 5.33. The van der Waals surface area contributed by atoms with Crippen molar-refractivity contribution in [3.05, 3.63) is 95.2 Å². The fraction of sp³-hybridized carbons (Fsp3) is 0.333. The SMILES string of the molecule is CCOc1c(OC)cccc1[C@@H]1CN2C(=O)CN(CCCc3ccccc3)C(=O)[C@]2(C)c2[nH]c3ccccc3c21. The summed E-state index contributed by atoms with van der Waals surface area (Å²) in [5.41, 5.74) is 3.81. The van der Waals surface area contributed by atoms with Gasteiger partial charge in [-0.1, -0.05) is 60.7 Å². The smallest absolute Gasteiger partial charge is 0.254 e. The van der Waals surface area contributed by atoms with Crippen molar-refractivity contribution in [3.8, 4) is 11.5 Å². The number of aryl methyl sites for hydroxylation is 1. The number of nitrogens with zero attached hydrogens (tertiary/aromatic N) is 2. The monoisotopic (exact) mass is 537 g/mol. The van der Waals surface area contributed by atoms with Gasteiger partial charge in [-0.15, -0.1) is 0 Å². The Morgan fingerprint density at radius 1 is 1.00 bits per heavy atom. The fourth-order valence-electron chi connectivity index (χ4n) is 6.52. The van der Waals surface area contributed by atoms with Crippen molar-refractivity contribution in [2.24, 2.45) is 0 Å². The Morgan fingerprint density at radius 2 is 1.77 bits per heavy atom. The fourth-order valence-corrected chi connectivity index (χ4v) is 6.52. The van der Waals surface area contributed by atoms with Crippen LogP contribution in [0.5, 0.6) is 11.5 Å². The van der Waals surface area contributed by atoms with E-state index in [0.717, 1.165) is 40.6 Å². The van der Waals surface area contributed by atoms with E-state index in [2.05, 4.69) is 23.2 Å². The molecule has 7 heteroatoms. The number of carbonyl (C=O) groups is 2. The molecule has 1 N–H and O–H groups in total. The zero-order valence-corrected chi connectivity index (χ0v) is 23.3. The predicted octanol–water partition coefficient (Wildman–Crippen LogP) is 5.24. The van der Waals surface area contributed by atoms with Crippen molar-refractivity contribution >= 4 is 22.7 Å². The second-order valence-electron chi connectivity index (χ2n) is 10.7. The number of aromatic nitrogens is 1. The van der Waals surface area contributed by atoms with Crippen molar-refractivity contribution in [1.82, 2.24) is 14.8 Å². The molecule has 6 rings (SSSR count). The highest BCUT2D eigenvalue weighted by Gasteiger charge is 2.56. The lowest BCUT2D eigenvalue weighted by Crippen LogP contribution is -2.67. The summed E-state index contributed by atoms with van der Waals surface area (Å²) < 4.78 is 11.8. The zero-order chi connectivity index (χ0) is 27.9. The third kappa shape index (κ3) is 4.12. The molecule has 2 aliphatic heterocycles. The molecular weight excluding hydrogens is 502 g/mol. The van der Waals surface area contributed by atoms with Crippen LogP contribution < -0.4 is 9.47 Å². The van der Waals surface area contributed by atoms with Gasteiger partial charge in [-0.05, 0) is 49.9 Å². The van der Waals surface area contributed by atoms with E-state index in [0.29, 0.717) is 31.2 Å². The van der Waals surface area contributed by atoms with E-state index in [1.165, 1.54) is 5.56 Å². The molecule has 0 saturated carbocycles. The Bertz CT molecular complexity index is 1560. The molecule has 3 aromatic carbocycles. The van der Waals surface area contributed by atoms with Crippen molar-refractivity contribution in [2.45, 2.75) is 38.1 Å². The highest BCUT2D eigenvalue weighted by molar-refractivity contribution is 6.01. The molecule has 2 amide bonds. The van der Waals surface area contributed by atoms with Gasteiger partial charge in [0.25, 0.3) is 5.91 Å². The molecule has 3 heterocycles. The number of aromatic amines is 1. The number of piperazine rings is 1. The highest BCUT2D eigenvalue weighted by atomic mass is 16.5. The average Bonchev–Trinajstić information content (AvgIpc) is 3.38. The van der Waals surface area contributed by atoms with Gasteiger partial charge in [-0.25, -0.2) is 0 Å². The summed E-state index contributed by atoms with van der Waals surface area (Å²) in [4.78, 5) is 35.2. The highest BCUT2D eigenvalue weighted by Crippen LogP contribution is 2.50. The largest absolute Gasteiger partial charge is 0.493 e. The summed E-state index contributed by atoms with van der Waals surface area (Å²) >= 11 is 0. The van der Waals surface area contributed by atoms with Crippen molar-refractivity contribution in [2.75, 3.05) is 33.4 Å². The number of fused-ring (bicyclic) bond motifs is 5. The van der Waals surface area contributed by atoms with Crippen molar-refractivity contribution < 1.29 is 19.1 Å². The molecule has 7 nitrogen and oxygen atoms in total. The summed E-state index contributed by atoms with van der Waals surface area (Å²) in [6.07, 6.45) is 1.65. The quantitative estimate of drug-likeness (QED) is 0.334. The van der Waals surface area contributed by atoms with E-state index in [9.17, 15) is 9.59 Å². The van der Waals surface area contributed by atoms with Crippen LogP contribution >= 0.6 is 0 Å². The number of hydrogen-bond donors (Lipinski definition) is 1. The molecule has 0 aliphatic carbocycles.